The summed E-state index contributed by atoms with van der Waals surface area (Å²) in [6, 6.07) is 0. The van der Waals surface area contributed by atoms with Crippen molar-refractivity contribution in [1.29, 1.82) is 0 Å². The molecule has 0 spiro atoms. The van der Waals surface area contributed by atoms with Crippen LogP contribution in [-0.2, 0) is 9.84 Å². The molecule has 2 fully saturated rings. The minimum atomic E-state index is -2.77. The van der Waals surface area contributed by atoms with Crippen LogP contribution in [0.15, 0.2) is 0 Å². The van der Waals surface area contributed by atoms with Gasteiger partial charge in [0, 0.05) is 5.75 Å². The standard InChI is InChI=1S/C13H25NO2S/c1-2-17(15,16)7-3-6-14-10-13-9-11-4-5-12(13)8-11/h11-14H,2-10H2,1H3. The Morgan fingerprint density at radius 1 is 1.24 bits per heavy atom. The molecule has 0 amide bonds. The minimum Gasteiger partial charge on any atom is -0.316 e. The quantitative estimate of drug-likeness (QED) is 0.710. The van der Waals surface area contributed by atoms with E-state index >= 15 is 0 Å². The van der Waals surface area contributed by atoms with Gasteiger partial charge in [0.15, 0.2) is 0 Å². The Bertz CT molecular complexity index is 339. The van der Waals surface area contributed by atoms with Crippen molar-refractivity contribution in [3.63, 3.8) is 0 Å². The number of hydrogen-bond donors (Lipinski definition) is 1. The molecule has 3 unspecified atom stereocenters. The summed E-state index contributed by atoms with van der Waals surface area (Å²) in [4.78, 5) is 0. The molecule has 1 N–H and O–H groups in total. The van der Waals surface area contributed by atoms with Crippen molar-refractivity contribution in [2.24, 2.45) is 17.8 Å². The summed E-state index contributed by atoms with van der Waals surface area (Å²) in [5, 5.41) is 3.44. The zero-order valence-corrected chi connectivity index (χ0v) is 11.6. The molecule has 0 aromatic carbocycles. The van der Waals surface area contributed by atoms with Crippen molar-refractivity contribution in [2.75, 3.05) is 24.6 Å². The molecule has 4 heteroatoms. The summed E-state index contributed by atoms with van der Waals surface area (Å²) in [6.45, 7) is 3.68. The number of nitrogens with one attached hydrogen (secondary N) is 1. The molecule has 0 saturated heterocycles. The van der Waals surface area contributed by atoms with Crippen LogP contribution in [0.4, 0.5) is 0 Å². The minimum absolute atomic E-state index is 0.277. The summed E-state index contributed by atoms with van der Waals surface area (Å²) in [5.41, 5.74) is 0. The lowest BCUT2D eigenvalue weighted by molar-refractivity contribution is 0.319. The molecule has 0 radical (unpaired) electrons. The van der Waals surface area contributed by atoms with Crippen LogP contribution in [-0.4, -0.2) is 33.0 Å². The lowest BCUT2D eigenvalue weighted by atomic mass is 9.89. The maximum Gasteiger partial charge on any atom is 0.150 e. The monoisotopic (exact) mass is 259 g/mol. The zero-order chi connectivity index (χ0) is 12.3. The Morgan fingerprint density at radius 3 is 2.65 bits per heavy atom. The number of rotatable bonds is 7. The normalized spacial score (nSPS) is 32.2. The van der Waals surface area contributed by atoms with Crippen molar-refractivity contribution in [3.8, 4) is 0 Å². The van der Waals surface area contributed by atoms with Gasteiger partial charge in [-0.1, -0.05) is 13.3 Å². The second kappa shape index (κ2) is 5.70. The highest BCUT2D eigenvalue weighted by Gasteiger charge is 2.38. The van der Waals surface area contributed by atoms with Gasteiger partial charge >= 0.3 is 0 Å². The first-order valence-electron chi connectivity index (χ1n) is 7.02. The fourth-order valence-electron chi connectivity index (χ4n) is 3.48. The average Bonchev–Trinajstić information content (AvgIpc) is 2.90. The summed E-state index contributed by atoms with van der Waals surface area (Å²) < 4.78 is 22.6. The number of hydrogen-bond acceptors (Lipinski definition) is 3. The number of fused-ring (bicyclic) bond motifs is 2. The molecule has 0 aromatic heterocycles. The molecule has 0 aliphatic heterocycles. The molecule has 0 aromatic rings. The molecule has 17 heavy (non-hydrogen) atoms. The molecule has 100 valence electrons. The SMILES string of the molecule is CCS(=O)(=O)CCCNCC1CC2CCC1C2. The van der Waals surface area contributed by atoms with Gasteiger partial charge in [-0.25, -0.2) is 8.42 Å². The maximum atomic E-state index is 11.3. The number of sulfone groups is 1. The van der Waals surface area contributed by atoms with Gasteiger partial charge in [0.1, 0.15) is 9.84 Å². The largest absolute Gasteiger partial charge is 0.316 e. The Kier molecular flexibility index (Phi) is 4.47. The third-order valence-electron chi connectivity index (χ3n) is 4.54. The van der Waals surface area contributed by atoms with Gasteiger partial charge in [-0.3, -0.25) is 0 Å². The molecular formula is C13H25NO2S. The van der Waals surface area contributed by atoms with Gasteiger partial charge in [0.25, 0.3) is 0 Å². The zero-order valence-electron chi connectivity index (χ0n) is 10.8. The predicted molar refractivity (Wildman–Crippen MR) is 70.8 cm³/mol. The summed E-state index contributed by atoms with van der Waals surface area (Å²) in [5.74, 6) is 3.46. The van der Waals surface area contributed by atoms with Crippen LogP contribution in [0.25, 0.3) is 0 Å². The van der Waals surface area contributed by atoms with Gasteiger partial charge < -0.3 is 5.32 Å². The molecule has 2 bridgehead atoms. The van der Waals surface area contributed by atoms with Gasteiger partial charge in [-0.2, -0.15) is 0 Å². The van der Waals surface area contributed by atoms with Crippen molar-refractivity contribution in [3.05, 3.63) is 0 Å². The Labute approximate surface area is 105 Å². The Balaban J connectivity index is 1.55. The predicted octanol–water partition coefficient (Wildman–Crippen LogP) is 1.84. The third kappa shape index (κ3) is 3.68. The van der Waals surface area contributed by atoms with Crippen molar-refractivity contribution in [2.45, 2.75) is 39.0 Å². The van der Waals surface area contributed by atoms with Crippen LogP contribution in [0.5, 0.6) is 0 Å². The van der Waals surface area contributed by atoms with Crippen molar-refractivity contribution < 1.29 is 8.42 Å². The molecule has 2 aliphatic rings. The fourth-order valence-corrected chi connectivity index (χ4v) is 4.35. The first kappa shape index (κ1) is 13.3. The highest BCUT2D eigenvalue weighted by molar-refractivity contribution is 7.91. The molecule has 2 aliphatic carbocycles. The molecule has 3 atom stereocenters. The van der Waals surface area contributed by atoms with Crippen LogP contribution in [0, 0.1) is 17.8 Å². The second-order valence-electron chi connectivity index (χ2n) is 5.73. The highest BCUT2D eigenvalue weighted by Crippen LogP contribution is 2.47. The first-order chi connectivity index (χ1) is 8.11. The van der Waals surface area contributed by atoms with E-state index in [4.69, 9.17) is 0 Å². The van der Waals surface area contributed by atoms with Crippen LogP contribution < -0.4 is 5.32 Å². The molecular weight excluding hydrogens is 234 g/mol. The lowest BCUT2D eigenvalue weighted by Gasteiger charge is -2.21. The van der Waals surface area contributed by atoms with E-state index < -0.39 is 9.84 Å². The highest BCUT2D eigenvalue weighted by atomic mass is 32.2. The van der Waals surface area contributed by atoms with Gasteiger partial charge in [0.2, 0.25) is 0 Å². The van der Waals surface area contributed by atoms with Crippen LogP contribution >= 0.6 is 0 Å². The van der Waals surface area contributed by atoms with E-state index in [0.717, 1.165) is 37.3 Å². The molecule has 2 saturated carbocycles. The van der Waals surface area contributed by atoms with Gasteiger partial charge in [-0.05, 0) is 56.5 Å². The fraction of sp³-hybridized carbons (Fsp3) is 1.00. The van der Waals surface area contributed by atoms with Crippen LogP contribution in [0.1, 0.15) is 39.0 Å². The maximum absolute atomic E-state index is 11.3. The first-order valence-corrected chi connectivity index (χ1v) is 8.84. The van der Waals surface area contributed by atoms with Crippen molar-refractivity contribution in [1.82, 2.24) is 5.32 Å². The summed E-state index contributed by atoms with van der Waals surface area (Å²) in [6.07, 6.45) is 6.51. The Hall–Kier alpha value is -0.0900. The van der Waals surface area contributed by atoms with E-state index in [0.29, 0.717) is 5.75 Å². The van der Waals surface area contributed by atoms with Gasteiger partial charge in [-0.15, -0.1) is 0 Å². The average molecular weight is 259 g/mol. The Morgan fingerprint density at radius 2 is 2.06 bits per heavy atom. The smallest absolute Gasteiger partial charge is 0.150 e. The van der Waals surface area contributed by atoms with E-state index in [1.807, 2.05) is 0 Å². The van der Waals surface area contributed by atoms with E-state index in [1.54, 1.807) is 6.92 Å². The lowest BCUT2D eigenvalue weighted by Crippen LogP contribution is -2.28. The van der Waals surface area contributed by atoms with Gasteiger partial charge in [0.05, 0.1) is 5.75 Å². The molecule has 2 rings (SSSR count). The summed E-state index contributed by atoms with van der Waals surface area (Å²) in [7, 11) is -2.77. The molecule has 0 heterocycles. The van der Waals surface area contributed by atoms with E-state index in [2.05, 4.69) is 5.32 Å². The third-order valence-corrected chi connectivity index (χ3v) is 6.33. The van der Waals surface area contributed by atoms with E-state index in [-0.39, 0.29) is 5.75 Å². The summed E-state index contributed by atoms with van der Waals surface area (Å²) >= 11 is 0. The molecule has 3 nitrogen and oxygen atoms in total. The van der Waals surface area contributed by atoms with E-state index in [1.165, 1.54) is 25.7 Å². The topological polar surface area (TPSA) is 46.2 Å². The van der Waals surface area contributed by atoms with Crippen molar-refractivity contribution >= 4 is 9.84 Å². The van der Waals surface area contributed by atoms with E-state index in [9.17, 15) is 8.42 Å². The van der Waals surface area contributed by atoms with Crippen LogP contribution in [0.3, 0.4) is 0 Å². The second-order valence-corrected chi connectivity index (χ2v) is 8.20. The van der Waals surface area contributed by atoms with Crippen LogP contribution in [0.2, 0.25) is 0 Å².